The maximum atomic E-state index is 11.2. The molecule has 0 bridgehead atoms. The van der Waals surface area contributed by atoms with Gasteiger partial charge >= 0.3 is 0 Å². The van der Waals surface area contributed by atoms with Crippen molar-refractivity contribution in [1.29, 1.82) is 0 Å². The monoisotopic (exact) mass is 356 g/mol. The van der Waals surface area contributed by atoms with E-state index in [2.05, 4.69) is 16.6 Å². The van der Waals surface area contributed by atoms with Gasteiger partial charge in [0.2, 0.25) is 10.0 Å². The third kappa shape index (κ3) is 4.46. The van der Waals surface area contributed by atoms with E-state index in [9.17, 15) is 8.42 Å². The average Bonchev–Trinajstić information content (AvgIpc) is 3.37. The second-order valence-electron chi connectivity index (χ2n) is 6.17. The number of nitrogens with two attached hydrogens (primary N) is 1. The summed E-state index contributed by atoms with van der Waals surface area (Å²) in [5.41, 5.74) is 9.86. The van der Waals surface area contributed by atoms with Crippen molar-refractivity contribution in [2.75, 3.05) is 23.8 Å². The predicted octanol–water partition coefficient (Wildman–Crippen LogP) is 2.93. The van der Waals surface area contributed by atoms with E-state index in [4.69, 9.17) is 10.5 Å². The fourth-order valence-electron chi connectivity index (χ4n) is 2.67. The van der Waals surface area contributed by atoms with Crippen LogP contribution in [0.15, 0.2) is 36.4 Å². The Kier molecular flexibility index (Phi) is 4.60. The number of sulfonamides is 1. The zero-order chi connectivity index (χ0) is 18.0. The van der Waals surface area contributed by atoms with Crippen LogP contribution < -0.4 is 15.2 Å². The minimum Gasteiger partial charge on any atom is -0.495 e. The van der Waals surface area contributed by atoms with Gasteiger partial charge in [0.05, 0.1) is 18.9 Å². The van der Waals surface area contributed by atoms with Crippen molar-refractivity contribution in [2.24, 2.45) is 0 Å². The van der Waals surface area contributed by atoms with Gasteiger partial charge in [-0.3, -0.25) is 4.72 Å². The molecule has 3 rings (SSSR count). The van der Waals surface area contributed by atoms with Crippen molar-refractivity contribution in [2.45, 2.75) is 18.8 Å². The molecule has 0 atom stereocenters. The highest BCUT2D eigenvalue weighted by atomic mass is 32.2. The Morgan fingerprint density at radius 2 is 1.84 bits per heavy atom. The summed E-state index contributed by atoms with van der Waals surface area (Å²) in [6.45, 7) is 0. The fourth-order valence-corrected chi connectivity index (χ4v) is 3.23. The van der Waals surface area contributed by atoms with Crippen LogP contribution in [0.2, 0.25) is 0 Å². The molecule has 1 fully saturated rings. The number of hydrogen-bond donors (Lipinski definition) is 2. The van der Waals surface area contributed by atoms with Crippen LogP contribution in [0.4, 0.5) is 11.4 Å². The second-order valence-corrected chi connectivity index (χ2v) is 7.92. The molecule has 0 spiro atoms. The Bertz CT molecular complexity index is 951. The molecule has 3 N–H and O–H groups in total. The van der Waals surface area contributed by atoms with Gasteiger partial charge < -0.3 is 10.5 Å². The molecule has 1 aliphatic rings. The van der Waals surface area contributed by atoms with Crippen LogP contribution in [0, 0.1) is 11.8 Å². The highest BCUT2D eigenvalue weighted by Crippen LogP contribution is 2.46. The average molecular weight is 356 g/mol. The van der Waals surface area contributed by atoms with Crippen LogP contribution in [0.3, 0.4) is 0 Å². The quantitative estimate of drug-likeness (QED) is 0.652. The van der Waals surface area contributed by atoms with Crippen LogP contribution in [0.5, 0.6) is 5.75 Å². The molecule has 2 aromatic rings. The molecule has 5 nitrogen and oxygen atoms in total. The lowest BCUT2D eigenvalue weighted by Crippen LogP contribution is -2.09. The first-order chi connectivity index (χ1) is 11.9. The predicted molar refractivity (Wildman–Crippen MR) is 100 cm³/mol. The van der Waals surface area contributed by atoms with Gasteiger partial charge in [0.25, 0.3) is 0 Å². The molecule has 0 aliphatic heterocycles. The Morgan fingerprint density at radius 1 is 1.16 bits per heavy atom. The zero-order valence-electron chi connectivity index (χ0n) is 14.2. The number of methoxy groups -OCH3 is 1. The minimum atomic E-state index is -3.28. The van der Waals surface area contributed by atoms with Crippen molar-refractivity contribution in [3.8, 4) is 17.6 Å². The standard InChI is InChI=1S/C19H20N2O3S/c1-24-19-15(11-16(20)12-18(19)14-7-8-14)6-3-13-4-9-17(10-5-13)21-25(2,22)23/h4-5,9-12,14,21H,7-8,20H2,1-2H3. The normalized spacial score (nSPS) is 13.7. The third-order valence-corrected chi connectivity index (χ3v) is 4.50. The molecule has 0 amide bonds. The van der Waals surface area contributed by atoms with Crippen molar-refractivity contribution in [3.05, 3.63) is 53.1 Å². The first kappa shape index (κ1) is 17.2. The largest absolute Gasteiger partial charge is 0.495 e. The van der Waals surface area contributed by atoms with Crippen LogP contribution >= 0.6 is 0 Å². The van der Waals surface area contributed by atoms with Gasteiger partial charge in [-0.1, -0.05) is 11.8 Å². The number of benzene rings is 2. The lowest BCUT2D eigenvalue weighted by molar-refractivity contribution is 0.408. The topological polar surface area (TPSA) is 81.4 Å². The first-order valence-corrected chi connectivity index (χ1v) is 9.82. The fraction of sp³-hybridized carbons (Fsp3) is 0.263. The van der Waals surface area contributed by atoms with Crippen LogP contribution in [-0.4, -0.2) is 21.8 Å². The summed E-state index contributed by atoms with van der Waals surface area (Å²) >= 11 is 0. The SMILES string of the molecule is COc1c(C#Cc2ccc(NS(C)(=O)=O)cc2)cc(N)cc1C1CC1. The van der Waals surface area contributed by atoms with E-state index >= 15 is 0 Å². The molecule has 25 heavy (non-hydrogen) atoms. The number of nitrogen functional groups attached to an aromatic ring is 1. The van der Waals surface area contributed by atoms with E-state index < -0.39 is 10.0 Å². The minimum absolute atomic E-state index is 0.505. The van der Waals surface area contributed by atoms with Gasteiger partial charge in [0.1, 0.15) is 5.75 Å². The molecule has 0 saturated heterocycles. The van der Waals surface area contributed by atoms with E-state index in [0.717, 1.165) is 41.5 Å². The second kappa shape index (κ2) is 6.69. The molecular formula is C19H20N2O3S. The molecule has 6 heteroatoms. The van der Waals surface area contributed by atoms with Crippen LogP contribution in [-0.2, 0) is 10.0 Å². The van der Waals surface area contributed by atoms with Crippen molar-refractivity contribution >= 4 is 21.4 Å². The third-order valence-electron chi connectivity index (χ3n) is 3.89. The van der Waals surface area contributed by atoms with Crippen molar-refractivity contribution in [1.82, 2.24) is 0 Å². The van der Waals surface area contributed by atoms with Gasteiger partial charge in [-0.15, -0.1) is 0 Å². The summed E-state index contributed by atoms with van der Waals surface area (Å²) in [7, 11) is -1.64. The van der Waals surface area contributed by atoms with Gasteiger partial charge in [-0.2, -0.15) is 0 Å². The van der Waals surface area contributed by atoms with Crippen LogP contribution in [0.1, 0.15) is 35.4 Å². The molecule has 1 saturated carbocycles. The van der Waals surface area contributed by atoms with Gasteiger partial charge in [-0.25, -0.2) is 8.42 Å². The highest BCUT2D eigenvalue weighted by molar-refractivity contribution is 7.92. The number of nitrogens with one attached hydrogen (secondary N) is 1. The molecule has 0 radical (unpaired) electrons. The Morgan fingerprint density at radius 3 is 2.40 bits per heavy atom. The van der Waals surface area contributed by atoms with Gasteiger partial charge in [0.15, 0.2) is 0 Å². The zero-order valence-corrected chi connectivity index (χ0v) is 15.0. The maximum Gasteiger partial charge on any atom is 0.229 e. The highest BCUT2D eigenvalue weighted by Gasteiger charge is 2.28. The van der Waals surface area contributed by atoms with Crippen LogP contribution in [0.25, 0.3) is 0 Å². The summed E-state index contributed by atoms with van der Waals surface area (Å²) in [5.74, 6) is 7.50. The van der Waals surface area contributed by atoms with E-state index in [0.29, 0.717) is 17.3 Å². The first-order valence-electron chi connectivity index (χ1n) is 7.93. The summed E-state index contributed by atoms with van der Waals surface area (Å²) in [6.07, 6.45) is 3.42. The molecule has 2 aromatic carbocycles. The summed E-state index contributed by atoms with van der Waals surface area (Å²) in [6, 6.07) is 10.7. The number of hydrogen-bond acceptors (Lipinski definition) is 4. The van der Waals surface area contributed by atoms with Crippen molar-refractivity contribution in [3.63, 3.8) is 0 Å². The molecule has 130 valence electrons. The summed E-state index contributed by atoms with van der Waals surface area (Å²) in [5, 5.41) is 0. The lowest BCUT2D eigenvalue weighted by Gasteiger charge is -2.11. The smallest absolute Gasteiger partial charge is 0.229 e. The molecule has 0 heterocycles. The molecule has 0 aromatic heterocycles. The number of rotatable bonds is 4. The van der Waals surface area contributed by atoms with E-state index in [1.165, 1.54) is 0 Å². The number of anilines is 2. The molecular weight excluding hydrogens is 336 g/mol. The van der Waals surface area contributed by atoms with E-state index in [1.54, 1.807) is 31.4 Å². The van der Waals surface area contributed by atoms with Gasteiger partial charge in [-0.05, 0) is 55.2 Å². The maximum absolute atomic E-state index is 11.2. The van der Waals surface area contributed by atoms with Crippen molar-refractivity contribution < 1.29 is 13.2 Å². The number of ether oxygens (including phenoxy) is 1. The molecule has 1 aliphatic carbocycles. The lowest BCUT2D eigenvalue weighted by atomic mass is 10.0. The summed E-state index contributed by atoms with van der Waals surface area (Å²) in [4.78, 5) is 0. The van der Waals surface area contributed by atoms with Gasteiger partial charge in [0, 0.05) is 22.5 Å². The molecule has 0 unspecified atom stereocenters. The Hall–Kier alpha value is -2.65. The van der Waals surface area contributed by atoms with E-state index in [-0.39, 0.29) is 0 Å². The Balaban J connectivity index is 1.88. The Labute approximate surface area is 148 Å². The summed E-state index contributed by atoms with van der Waals surface area (Å²) < 4.78 is 30.4. The van der Waals surface area contributed by atoms with E-state index in [1.807, 2.05) is 12.1 Å².